The number of nitrogen functional groups attached to an aromatic ring is 1. The molecule has 0 spiro atoms. The number of amides is 1. The minimum Gasteiger partial charge on any atom is -0.368 e. The maximum atomic E-state index is 12.9. The molecule has 8 heteroatoms. The second-order valence-corrected chi connectivity index (χ2v) is 5.97. The first-order valence-corrected chi connectivity index (χ1v) is 7.96. The van der Waals surface area contributed by atoms with E-state index in [-0.39, 0.29) is 24.1 Å². The number of hydrogen-bond donors (Lipinski definition) is 1. The first kappa shape index (κ1) is 16.4. The zero-order valence-corrected chi connectivity index (χ0v) is 13.7. The number of anilines is 2. The van der Waals surface area contributed by atoms with E-state index >= 15 is 0 Å². The topological polar surface area (TPSA) is 75.3 Å². The minimum atomic E-state index is -0.303. The third kappa shape index (κ3) is 3.91. The highest BCUT2D eigenvalue weighted by atomic mass is 35.5. The summed E-state index contributed by atoms with van der Waals surface area (Å²) in [6.07, 6.45) is 0.270. The van der Waals surface area contributed by atoms with Crippen LogP contribution in [0.2, 0.25) is 5.15 Å². The fourth-order valence-electron chi connectivity index (χ4n) is 2.66. The van der Waals surface area contributed by atoms with E-state index in [0.29, 0.717) is 37.1 Å². The number of benzene rings is 1. The summed E-state index contributed by atoms with van der Waals surface area (Å²) >= 11 is 5.90. The van der Waals surface area contributed by atoms with Gasteiger partial charge in [0.1, 0.15) is 16.8 Å². The summed E-state index contributed by atoms with van der Waals surface area (Å²) in [5.74, 6) is 0.523. The van der Waals surface area contributed by atoms with Crippen molar-refractivity contribution in [1.29, 1.82) is 0 Å². The van der Waals surface area contributed by atoms with E-state index in [4.69, 9.17) is 17.3 Å². The second-order valence-electron chi connectivity index (χ2n) is 5.58. The molecular weight excluding hydrogens is 333 g/mol. The lowest BCUT2D eigenvalue weighted by molar-refractivity contribution is -0.130. The summed E-state index contributed by atoms with van der Waals surface area (Å²) < 4.78 is 12.9. The molecule has 0 atom stereocenters. The number of nitrogens with zero attached hydrogens (tertiary/aromatic N) is 4. The maximum Gasteiger partial charge on any atom is 0.227 e. The van der Waals surface area contributed by atoms with Gasteiger partial charge in [-0.15, -0.1) is 0 Å². The number of halogens is 2. The number of carbonyl (C=O) groups excluding carboxylic acids is 1. The third-order valence-electron chi connectivity index (χ3n) is 3.92. The van der Waals surface area contributed by atoms with Gasteiger partial charge in [0.2, 0.25) is 11.9 Å². The molecule has 1 saturated heterocycles. The lowest BCUT2D eigenvalue weighted by atomic mass is 10.1. The molecule has 1 aliphatic heterocycles. The standard InChI is InChI=1S/C16H17ClFN5O/c17-13-10-14(21-16(19)20-13)22-5-7-23(8-6-22)15(24)9-11-1-3-12(18)4-2-11/h1-4,10H,5-9H2,(H2,19,20,21). The molecule has 0 bridgehead atoms. The van der Waals surface area contributed by atoms with Crippen LogP contribution in [-0.2, 0) is 11.2 Å². The summed E-state index contributed by atoms with van der Waals surface area (Å²) in [6.45, 7) is 2.45. The molecule has 0 radical (unpaired) electrons. The lowest BCUT2D eigenvalue weighted by Crippen LogP contribution is -2.49. The first-order chi connectivity index (χ1) is 11.5. The largest absolute Gasteiger partial charge is 0.368 e. The van der Waals surface area contributed by atoms with E-state index in [1.165, 1.54) is 12.1 Å². The molecule has 1 aliphatic rings. The fourth-order valence-corrected chi connectivity index (χ4v) is 2.84. The Morgan fingerprint density at radius 2 is 1.83 bits per heavy atom. The quantitative estimate of drug-likeness (QED) is 0.854. The van der Waals surface area contributed by atoms with Crippen molar-refractivity contribution < 1.29 is 9.18 Å². The Labute approximate surface area is 144 Å². The van der Waals surface area contributed by atoms with Gasteiger partial charge in [0, 0.05) is 32.2 Å². The van der Waals surface area contributed by atoms with E-state index in [9.17, 15) is 9.18 Å². The molecule has 24 heavy (non-hydrogen) atoms. The Kier molecular flexibility index (Phi) is 4.80. The number of rotatable bonds is 3. The molecule has 6 nitrogen and oxygen atoms in total. The number of nitrogens with two attached hydrogens (primary N) is 1. The van der Waals surface area contributed by atoms with Crippen LogP contribution in [-0.4, -0.2) is 47.0 Å². The van der Waals surface area contributed by atoms with Crippen LogP contribution in [0.3, 0.4) is 0 Å². The molecule has 0 saturated carbocycles. The van der Waals surface area contributed by atoms with Crippen LogP contribution in [0.1, 0.15) is 5.56 Å². The molecule has 2 heterocycles. The van der Waals surface area contributed by atoms with Gasteiger partial charge in [0.25, 0.3) is 0 Å². The Balaban J connectivity index is 1.58. The summed E-state index contributed by atoms with van der Waals surface area (Å²) in [7, 11) is 0. The average Bonchev–Trinajstić information content (AvgIpc) is 2.56. The van der Waals surface area contributed by atoms with Gasteiger partial charge in [-0.25, -0.2) is 9.37 Å². The Bertz CT molecular complexity index is 711. The van der Waals surface area contributed by atoms with E-state index in [0.717, 1.165) is 5.56 Å². The summed E-state index contributed by atoms with van der Waals surface area (Å²) in [4.78, 5) is 24.2. The number of carbonyl (C=O) groups is 1. The molecule has 1 amide bonds. The van der Waals surface area contributed by atoms with E-state index in [1.54, 1.807) is 23.1 Å². The van der Waals surface area contributed by atoms with E-state index < -0.39 is 0 Å². The first-order valence-electron chi connectivity index (χ1n) is 7.58. The van der Waals surface area contributed by atoms with Crippen LogP contribution in [0.25, 0.3) is 0 Å². The highest BCUT2D eigenvalue weighted by molar-refractivity contribution is 6.29. The molecule has 126 valence electrons. The van der Waals surface area contributed by atoms with Crippen LogP contribution < -0.4 is 10.6 Å². The highest BCUT2D eigenvalue weighted by Gasteiger charge is 2.22. The zero-order chi connectivity index (χ0) is 17.1. The van der Waals surface area contributed by atoms with Gasteiger partial charge in [-0.3, -0.25) is 4.79 Å². The SMILES string of the molecule is Nc1nc(Cl)cc(N2CCN(C(=O)Cc3ccc(F)cc3)CC2)n1. The highest BCUT2D eigenvalue weighted by Crippen LogP contribution is 2.19. The summed E-state index contributed by atoms with van der Waals surface area (Å²) in [5, 5.41) is 0.298. The second kappa shape index (κ2) is 7.00. The van der Waals surface area contributed by atoms with Gasteiger partial charge in [-0.2, -0.15) is 4.98 Å². The Hall–Kier alpha value is -2.41. The van der Waals surface area contributed by atoms with Crippen molar-refractivity contribution >= 4 is 29.3 Å². The van der Waals surface area contributed by atoms with Crippen molar-refractivity contribution in [3.05, 3.63) is 46.9 Å². The Morgan fingerprint density at radius 3 is 2.46 bits per heavy atom. The third-order valence-corrected chi connectivity index (χ3v) is 4.12. The maximum absolute atomic E-state index is 12.9. The van der Waals surface area contributed by atoms with Crippen LogP contribution >= 0.6 is 11.6 Å². The molecule has 1 aromatic heterocycles. The number of hydrogen-bond acceptors (Lipinski definition) is 5. The number of aromatic nitrogens is 2. The van der Waals surface area contributed by atoms with E-state index in [2.05, 4.69) is 9.97 Å². The smallest absolute Gasteiger partial charge is 0.227 e. The molecule has 1 fully saturated rings. The predicted octanol–water partition coefficient (Wildman–Crippen LogP) is 1.74. The van der Waals surface area contributed by atoms with Crippen molar-refractivity contribution in [1.82, 2.24) is 14.9 Å². The van der Waals surface area contributed by atoms with Gasteiger partial charge in [0.05, 0.1) is 6.42 Å². The van der Waals surface area contributed by atoms with Gasteiger partial charge in [0.15, 0.2) is 0 Å². The van der Waals surface area contributed by atoms with Crippen LogP contribution in [0, 0.1) is 5.82 Å². The van der Waals surface area contributed by atoms with Crippen LogP contribution in [0.4, 0.5) is 16.2 Å². The lowest BCUT2D eigenvalue weighted by Gasteiger charge is -2.35. The molecular formula is C16H17ClFN5O. The van der Waals surface area contributed by atoms with Crippen molar-refractivity contribution in [2.24, 2.45) is 0 Å². The normalized spacial score (nSPS) is 14.8. The zero-order valence-electron chi connectivity index (χ0n) is 13.0. The molecule has 3 rings (SSSR count). The summed E-state index contributed by atoms with van der Waals surface area (Å²) in [5.41, 5.74) is 6.42. The molecule has 2 aromatic rings. The minimum absolute atomic E-state index is 0.0292. The van der Waals surface area contributed by atoms with Gasteiger partial charge < -0.3 is 15.5 Å². The van der Waals surface area contributed by atoms with Gasteiger partial charge in [-0.05, 0) is 17.7 Å². The fraction of sp³-hybridized carbons (Fsp3) is 0.312. The molecule has 0 unspecified atom stereocenters. The molecule has 1 aromatic carbocycles. The van der Waals surface area contributed by atoms with Crippen LogP contribution in [0.15, 0.2) is 30.3 Å². The van der Waals surface area contributed by atoms with Crippen molar-refractivity contribution in [2.75, 3.05) is 36.8 Å². The molecule has 2 N–H and O–H groups in total. The predicted molar refractivity (Wildman–Crippen MR) is 90.4 cm³/mol. The average molecular weight is 350 g/mol. The van der Waals surface area contributed by atoms with Crippen molar-refractivity contribution in [2.45, 2.75) is 6.42 Å². The van der Waals surface area contributed by atoms with E-state index in [1.807, 2.05) is 4.90 Å². The van der Waals surface area contributed by atoms with Gasteiger partial charge in [-0.1, -0.05) is 23.7 Å². The Morgan fingerprint density at radius 1 is 1.17 bits per heavy atom. The van der Waals surface area contributed by atoms with Crippen molar-refractivity contribution in [3.63, 3.8) is 0 Å². The number of piperazine rings is 1. The summed E-state index contributed by atoms with van der Waals surface area (Å²) in [6, 6.07) is 7.66. The van der Waals surface area contributed by atoms with Crippen LogP contribution in [0.5, 0.6) is 0 Å². The molecule has 0 aliphatic carbocycles. The van der Waals surface area contributed by atoms with Gasteiger partial charge >= 0.3 is 0 Å². The van der Waals surface area contributed by atoms with Crippen molar-refractivity contribution in [3.8, 4) is 0 Å². The monoisotopic (exact) mass is 349 g/mol.